The van der Waals surface area contributed by atoms with Crippen molar-refractivity contribution < 1.29 is 13.2 Å². The van der Waals surface area contributed by atoms with Gasteiger partial charge in [-0.25, -0.2) is 13.6 Å². The van der Waals surface area contributed by atoms with Crippen LogP contribution in [0.5, 0.6) is 0 Å². The van der Waals surface area contributed by atoms with E-state index < -0.39 is 10.0 Å². The molecule has 21 heavy (non-hydrogen) atoms. The molecule has 0 aliphatic rings. The van der Waals surface area contributed by atoms with Crippen molar-refractivity contribution in [2.45, 2.75) is 11.8 Å². The molecule has 0 aliphatic carbocycles. The topological polar surface area (TPSA) is 102 Å². The lowest BCUT2D eigenvalue weighted by Gasteiger charge is -2.07. The van der Waals surface area contributed by atoms with Crippen LogP contribution in [-0.4, -0.2) is 19.3 Å². The fourth-order valence-electron chi connectivity index (χ4n) is 1.61. The van der Waals surface area contributed by atoms with E-state index in [0.717, 1.165) is 5.69 Å². The molecule has 0 unspecified atom stereocenters. The van der Waals surface area contributed by atoms with Crippen LogP contribution in [0, 0.1) is 6.92 Å². The molecule has 1 aromatic carbocycles. The molecule has 0 saturated heterocycles. The van der Waals surface area contributed by atoms with Gasteiger partial charge in [0, 0.05) is 17.6 Å². The number of sulfonamides is 1. The van der Waals surface area contributed by atoms with Crippen LogP contribution < -0.4 is 10.5 Å². The molecule has 1 heterocycles. The Morgan fingerprint density at radius 3 is 2.52 bits per heavy atom. The van der Waals surface area contributed by atoms with E-state index in [9.17, 15) is 13.2 Å². The number of carbonyl (C=O) groups excluding carboxylic acids is 1. The molecule has 8 heteroatoms. The molecular formula is C13H12ClN3O3S. The van der Waals surface area contributed by atoms with Crippen molar-refractivity contribution in [2.24, 2.45) is 5.14 Å². The number of aryl methyl sites for hydroxylation is 1. The van der Waals surface area contributed by atoms with Gasteiger partial charge in [-0.1, -0.05) is 11.6 Å². The third-order valence-electron chi connectivity index (χ3n) is 2.67. The van der Waals surface area contributed by atoms with Crippen molar-refractivity contribution in [3.05, 3.63) is 52.8 Å². The number of halogens is 1. The molecule has 6 nitrogen and oxygen atoms in total. The molecule has 0 bridgehead atoms. The molecule has 0 saturated carbocycles. The number of nitrogens with zero attached hydrogens (tertiary/aromatic N) is 1. The summed E-state index contributed by atoms with van der Waals surface area (Å²) >= 11 is 5.84. The Bertz CT molecular complexity index is 789. The van der Waals surface area contributed by atoms with Gasteiger partial charge in [-0.15, -0.1) is 0 Å². The average Bonchev–Trinajstić information content (AvgIpc) is 2.37. The van der Waals surface area contributed by atoms with Crippen LogP contribution in [0.4, 0.5) is 5.69 Å². The summed E-state index contributed by atoms with van der Waals surface area (Å²) in [6, 6.07) is 7.32. The van der Waals surface area contributed by atoms with Crippen LogP contribution in [0.15, 0.2) is 41.4 Å². The summed E-state index contributed by atoms with van der Waals surface area (Å²) in [5.74, 6) is -0.373. The summed E-state index contributed by atoms with van der Waals surface area (Å²) in [6.07, 6.45) is 1.45. The minimum atomic E-state index is -3.89. The maximum Gasteiger partial charge on any atom is 0.257 e. The number of rotatable bonds is 3. The van der Waals surface area contributed by atoms with Crippen molar-refractivity contribution in [1.29, 1.82) is 0 Å². The number of pyridine rings is 1. The first-order chi connectivity index (χ1) is 9.77. The van der Waals surface area contributed by atoms with Crippen LogP contribution in [0.25, 0.3) is 0 Å². The fraction of sp³-hybridized carbons (Fsp3) is 0.0769. The zero-order valence-electron chi connectivity index (χ0n) is 11.0. The maximum atomic E-state index is 12.0. The third-order valence-corrected chi connectivity index (χ3v) is 4.06. The summed E-state index contributed by atoms with van der Waals surface area (Å²) in [4.78, 5) is 15.8. The Labute approximate surface area is 127 Å². The number of nitrogens with one attached hydrogen (secondary N) is 1. The fourth-order valence-corrected chi connectivity index (χ4v) is 2.71. The van der Waals surface area contributed by atoms with Crippen molar-refractivity contribution >= 4 is 33.2 Å². The Morgan fingerprint density at radius 1 is 1.29 bits per heavy atom. The summed E-state index contributed by atoms with van der Waals surface area (Å²) in [7, 11) is -3.89. The quantitative estimate of drug-likeness (QED) is 0.900. The number of primary sulfonamides is 1. The third kappa shape index (κ3) is 3.78. The average molecular weight is 326 g/mol. The van der Waals surface area contributed by atoms with Gasteiger partial charge in [0.2, 0.25) is 10.0 Å². The summed E-state index contributed by atoms with van der Waals surface area (Å²) in [5, 5.41) is 7.55. The van der Waals surface area contributed by atoms with Crippen LogP contribution in [0.3, 0.4) is 0 Å². The Hall–Kier alpha value is -1.96. The predicted molar refractivity (Wildman–Crippen MR) is 79.8 cm³/mol. The van der Waals surface area contributed by atoms with Crippen LogP contribution in [-0.2, 0) is 10.0 Å². The van der Waals surface area contributed by atoms with E-state index in [4.69, 9.17) is 16.7 Å². The number of nitrogens with two attached hydrogens (primary N) is 1. The van der Waals surface area contributed by atoms with Gasteiger partial charge in [-0.2, -0.15) is 0 Å². The Morgan fingerprint density at radius 2 is 2.00 bits per heavy atom. The molecule has 3 N–H and O–H groups in total. The molecule has 0 atom stereocenters. The molecule has 0 spiro atoms. The monoisotopic (exact) mass is 325 g/mol. The summed E-state index contributed by atoms with van der Waals surface area (Å²) in [6.45, 7) is 1.81. The minimum Gasteiger partial charge on any atom is -0.322 e. The normalized spacial score (nSPS) is 11.2. The molecule has 1 aromatic heterocycles. The Kier molecular flexibility index (Phi) is 4.26. The van der Waals surface area contributed by atoms with Gasteiger partial charge in [0.1, 0.15) is 4.90 Å². The Balaban J connectivity index is 2.22. The van der Waals surface area contributed by atoms with Gasteiger partial charge >= 0.3 is 0 Å². The van der Waals surface area contributed by atoms with Crippen molar-refractivity contribution in [3.8, 4) is 0 Å². The van der Waals surface area contributed by atoms with E-state index in [0.29, 0.717) is 11.3 Å². The highest BCUT2D eigenvalue weighted by atomic mass is 35.5. The lowest BCUT2D eigenvalue weighted by molar-refractivity contribution is 0.102. The van der Waals surface area contributed by atoms with E-state index in [1.807, 2.05) is 6.92 Å². The van der Waals surface area contributed by atoms with Gasteiger partial charge in [0.25, 0.3) is 5.91 Å². The number of hydrogen-bond donors (Lipinski definition) is 2. The second kappa shape index (κ2) is 5.80. The van der Waals surface area contributed by atoms with E-state index in [-0.39, 0.29) is 15.8 Å². The highest BCUT2D eigenvalue weighted by molar-refractivity contribution is 7.89. The maximum absolute atomic E-state index is 12.0. The van der Waals surface area contributed by atoms with Gasteiger partial charge in [0.15, 0.2) is 0 Å². The smallest absolute Gasteiger partial charge is 0.257 e. The first-order valence-electron chi connectivity index (χ1n) is 5.84. The highest BCUT2D eigenvalue weighted by Gasteiger charge is 2.14. The first-order valence-corrected chi connectivity index (χ1v) is 7.76. The standard InChI is InChI=1S/C13H12ClN3O3S/c1-8-2-3-9(7-16-8)13(18)17-10-4-5-12(11(14)6-10)21(15,19)20/h2-7H,1H3,(H,17,18)(H2,15,19,20). The second-order valence-corrected chi connectivity index (χ2v) is 6.27. The van der Waals surface area contributed by atoms with Crippen molar-refractivity contribution in [3.63, 3.8) is 0 Å². The molecule has 2 aromatic rings. The van der Waals surface area contributed by atoms with Gasteiger partial charge in [-0.05, 0) is 37.3 Å². The largest absolute Gasteiger partial charge is 0.322 e. The summed E-state index contributed by atoms with van der Waals surface area (Å²) < 4.78 is 22.5. The van der Waals surface area contributed by atoms with E-state index in [1.54, 1.807) is 12.1 Å². The molecule has 1 amide bonds. The van der Waals surface area contributed by atoms with E-state index >= 15 is 0 Å². The van der Waals surface area contributed by atoms with Crippen LogP contribution in [0.2, 0.25) is 5.02 Å². The van der Waals surface area contributed by atoms with E-state index in [2.05, 4.69) is 10.3 Å². The molecule has 0 radical (unpaired) electrons. The molecular weight excluding hydrogens is 314 g/mol. The van der Waals surface area contributed by atoms with Gasteiger partial charge in [0.05, 0.1) is 10.6 Å². The zero-order valence-corrected chi connectivity index (χ0v) is 12.6. The molecule has 0 aliphatic heterocycles. The number of carbonyl (C=O) groups is 1. The number of anilines is 1. The van der Waals surface area contributed by atoms with Crippen molar-refractivity contribution in [1.82, 2.24) is 4.98 Å². The predicted octanol–water partition coefficient (Wildman–Crippen LogP) is 1.94. The van der Waals surface area contributed by atoms with Crippen LogP contribution in [0.1, 0.15) is 16.1 Å². The van der Waals surface area contributed by atoms with Gasteiger partial charge < -0.3 is 5.32 Å². The number of amides is 1. The first kappa shape index (κ1) is 15.4. The molecule has 110 valence electrons. The van der Waals surface area contributed by atoms with E-state index in [1.165, 1.54) is 24.4 Å². The SMILES string of the molecule is Cc1ccc(C(=O)Nc2ccc(S(N)(=O)=O)c(Cl)c2)cn1. The summed E-state index contributed by atoms with van der Waals surface area (Å²) in [5.41, 5.74) is 1.54. The minimum absolute atomic E-state index is 0.0580. The second-order valence-electron chi connectivity index (χ2n) is 4.33. The highest BCUT2D eigenvalue weighted by Crippen LogP contribution is 2.24. The van der Waals surface area contributed by atoms with Crippen molar-refractivity contribution in [2.75, 3.05) is 5.32 Å². The number of benzene rings is 1. The molecule has 2 rings (SSSR count). The number of aromatic nitrogens is 1. The number of hydrogen-bond acceptors (Lipinski definition) is 4. The molecule has 0 fully saturated rings. The zero-order chi connectivity index (χ0) is 15.6. The van der Waals surface area contributed by atoms with Gasteiger partial charge in [-0.3, -0.25) is 9.78 Å². The lowest BCUT2D eigenvalue weighted by atomic mass is 10.2. The lowest BCUT2D eigenvalue weighted by Crippen LogP contribution is -2.14. The van der Waals surface area contributed by atoms with Crippen LogP contribution >= 0.6 is 11.6 Å².